The Balaban J connectivity index is 1.33. The van der Waals surface area contributed by atoms with Crippen molar-refractivity contribution in [3.05, 3.63) is 87.9 Å². The third kappa shape index (κ3) is 5.77. The second kappa shape index (κ2) is 10.3. The van der Waals surface area contributed by atoms with E-state index in [-0.39, 0.29) is 11.4 Å². The molecule has 1 aromatic carbocycles. The first-order chi connectivity index (χ1) is 17.1. The van der Waals surface area contributed by atoms with E-state index in [4.69, 9.17) is 4.84 Å². The van der Waals surface area contributed by atoms with Crippen molar-refractivity contribution in [1.82, 2.24) is 20.4 Å². The van der Waals surface area contributed by atoms with Crippen LogP contribution in [-0.2, 0) is 15.8 Å². The molecule has 8 nitrogen and oxygen atoms in total. The van der Waals surface area contributed by atoms with Crippen LogP contribution in [-0.4, -0.2) is 33.9 Å². The lowest BCUT2D eigenvalue weighted by Crippen LogP contribution is -2.35. The summed E-state index contributed by atoms with van der Waals surface area (Å²) >= 11 is 0. The first-order valence-corrected chi connectivity index (χ1v) is 10.9. The van der Waals surface area contributed by atoms with Crippen molar-refractivity contribution in [2.45, 2.75) is 25.6 Å². The van der Waals surface area contributed by atoms with E-state index in [1.807, 2.05) is 9.88 Å². The van der Waals surface area contributed by atoms with Crippen LogP contribution in [0.5, 0.6) is 0 Å². The maximum absolute atomic E-state index is 13.1. The fraction of sp³-hybridized carbons (Fsp3) is 0.250. The molecule has 0 saturated heterocycles. The summed E-state index contributed by atoms with van der Waals surface area (Å²) in [6, 6.07) is 6.68. The normalized spacial score (nSPS) is 14.8. The number of pyridine rings is 1. The van der Waals surface area contributed by atoms with Crippen molar-refractivity contribution >= 4 is 11.9 Å². The lowest BCUT2D eigenvalue weighted by molar-refractivity contribution is -0.139. The molecule has 2 aromatic heterocycles. The molecule has 1 amide bonds. The number of rotatable bonds is 6. The van der Waals surface area contributed by atoms with E-state index in [1.54, 1.807) is 30.6 Å². The fourth-order valence-electron chi connectivity index (χ4n) is 3.55. The van der Waals surface area contributed by atoms with Gasteiger partial charge >= 0.3 is 6.18 Å². The molecule has 12 heteroatoms. The minimum absolute atomic E-state index is 0.0484. The summed E-state index contributed by atoms with van der Waals surface area (Å²) in [6.07, 6.45) is 0.676. The van der Waals surface area contributed by atoms with Crippen LogP contribution in [0.15, 0.2) is 65.4 Å². The number of nitrogens with zero attached hydrogens (tertiary/aromatic N) is 3. The molecule has 0 fully saturated rings. The van der Waals surface area contributed by atoms with Crippen LogP contribution in [0.2, 0.25) is 0 Å². The van der Waals surface area contributed by atoms with Gasteiger partial charge in [-0.1, -0.05) is 18.2 Å². The second-order valence-corrected chi connectivity index (χ2v) is 8.07. The third-order valence-electron chi connectivity index (χ3n) is 5.63. The summed E-state index contributed by atoms with van der Waals surface area (Å²) in [6.45, 7) is 2.26. The van der Waals surface area contributed by atoms with Gasteiger partial charge in [-0.2, -0.15) is 13.2 Å². The zero-order chi connectivity index (χ0) is 25.9. The van der Waals surface area contributed by atoms with Crippen LogP contribution in [0.3, 0.4) is 0 Å². The molecule has 0 spiro atoms. The van der Waals surface area contributed by atoms with Gasteiger partial charge in [0.05, 0.1) is 0 Å². The summed E-state index contributed by atoms with van der Waals surface area (Å²) in [5, 5.41) is 0. The number of carbonyl (C=O) groups excluding carboxylic acids is 1. The Labute approximate surface area is 202 Å². The number of hydrogen-bond donors (Lipinski definition) is 2. The molecule has 3 aromatic rings. The van der Waals surface area contributed by atoms with Gasteiger partial charge < -0.3 is 9.88 Å². The lowest BCUT2D eigenvalue weighted by atomic mass is 10.1. The molecule has 2 N–H and O–H groups in total. The van der Waals surface area contributed by atoms with Gasteiger partial charge in [0.25, 0.3) is 11.5 Å². The van der Waals surface area contributed by atoms with Gasteiger partial charge in [0, 0.05) is 48.4 Å². The van der Waals surface area contributed by atoms with Gasteiger partial charge in [0.2, 0.25) is 5.95 Å². The number of aromatic amines is 1. The van der Waals surface area contributed by atoms with Crippen molar-refractivity contribution in [1.29, 1.82) is 0 Å². The van der Waals surface area contributed by atoms with E-state index in [0.717, 1.165) is 17.3 Å². The second-order valence-electron chi connectivity index (χ2n) is 8.07. The van der Waals surface area contributed by atoms with Crippen LogP contribution in [0.4, 0.5) is 23.5 Å². The molecule has 188 valence electrons. The van der Waals surface area contributed by atoms with Crippen molar-refractivity contribution in [2.75, 3.05) is 18.0 Å². The number of benzene rings is 1. The van der Waals surface area contributed by atoms with Gasteiger partial charge in [0.1, 0.15) is 17.5 Å². The number of H-pyrrole nitrogens is 1. The number of nitrogens with one attached hydrogen (secondary N) is 2. The van der Waals surface area contributed by atoms with Crippen molar-refractivity contribution in [2.24, 2.45) is 0 Å². The van der Waals surface area contributed by atoms with Gasteiger partial charge in [-0.3, -0.25) is 14.4 Å². The summed E-state index contributed by atoms with van der Waals surface area (Å²) in [4.78, 5) is 41.7. The monoisotopic (exact) mass is 503 g/mol. The molecule has 1 aliphatic rings. The number of alkyl halides is 3. The lowest BCUT2D eigenvalue weighted by Gasteiger charge is -2.26. The van der Waals surface area contributed by atoms with E-state index < -0.39 is 29.3 Å². The molecule has 3 heterocycles. The van der Waals surface area contributed by atoms with Crippen molar-refractivity contribution in [3.8, 4) is 11.1 Å². The number of hydroxylamine groups is 1. The Hall–Kier alpha value is -4.06. The average molecular weight is 503 g/mol. The molecule has 36 heavy (non-hydrogen) atoms. The van der Waals surface area contributed by atoms with Crippen LogP contribution < -0.4 is 15.9 Å². The first-order valence-electron chi connectivity index (χ1n) is 10.9. The third-order valence-corrected chi connectivity index (χ3v) is 5.63. The van der Waals surface area contributed by atoms with Crippen LogP contribution in [0, 0.1) is 5.82 Å². The number of anilines is 1. The smallest absolute Gasteiger partial charge is 0.337 e. The van der Waals surface area contributed by atoms with Gasteiger partial charge in [-0.05, 0) is 37.1 Å². The van der Waals surface area contributed by atoms with Crippen molar-refractivity contribution < 1.29 is 27.2 Å². The highest BCUT2D eigenvalue weighted by Crippen LogP contribution is 2.28. The van der Waals surface area contributed by atoms with Gasteiger partial charge in [0.15, 0.2) is 0 Å². The van der Waals surface area contributed by atoms with E-state index in [2.05, 4.69) is 15.4 Å². The van der Waals surface area contributed by atoms with Crippen LogP contribution in [0.1, 0.15) is 30.6 Å². The molecule has 0 unspecified atom stereocenters. The summed E-state index contributed by atoms with van der Waals surface area (Å²) < 4.78 is 52.0. The summed E-state index contributed by atoms with van der Waals surface area (Å²) in [5.41, 5.74) is 1.67. The number of halogens is 4. The minimum Gasteiger partial charge on any atom is -0.337 e. The minimum atomic E-state index is -4.81. The fourth-order valence-corrected chi connectivity index (χ4v) is 3.55. The van der Waals surface area contributed by atoms with Gasteiger partial charge in [-0.15, -0.1) is 0 Å². The Morgan fingerprint density at radius 2 is 1.86 bits per heavy atom. The molecular weight excluding hydrogens is 482 g/mol. The molecule has 1 atom stereocenters. The van der Waals surface area contributed by atoms with Crippen molar-refractivity contribution in [3.63, 3.8) is 0 Å². The maximum atomic E-state index is 13.1. The highest BCUT2D eigenvalue weighted by atomic mass is 19.4. The van der Waals surface area contributed by atoms with Crippen LogP contribution >= 0.6 is 0 Å². The quantitative estimate of drug-likeness (QED) is 0.391. The van der Waals surface area contributed by atoms with Crippen LogP contribution in [0.25, 0.3) is 11.1 Å². The molecule has 0 aliphatic carbocycles. The molecule has 0 saturated carbocycles. The van der Waals surface area contributed by atoms with E-state index >= 15 is 0 Å². The molecule has 0 radical (unpaired) electrons. The topological polar surface area (TPSA) is 100 Å². The highest BCUT2D eigenvalue weighted by Gasteiger charge is 2.34. The Morgan fingerprint density at radius 1 is 1.17 bits per heavy atom. The number of aromatic nitrogens is 3. The SMILES string of the molecule is C[C@@H](ONC(=O)C1=CCN(c2ncc(-c3ccc(F)cc3)cn2)CC1)c1c[nH]c(=O)c(C(F)(F)F)c1. The number of carbonyl (C=O) groups is 1. The number of hydrogen-bond acceptors (Lipinski definition) is 6. The van der Waals surface area contributed by atoms with Gasteiger partial charge in [-0.25, -0.2) is 19.8 Å². The highest BCUT2D eigenvalue weighted by molar-refractivity contribution is 5.93. The molecule has 1 aliphatic heterocycles. The predicted molar refractivity (Wildman–Crippen MR) is 122 cm³/mol. The maximum Gasteiger partial charge on any atom is 0.421 e. The first kappa shape index (κ1) is 25.0. The number of amides is 1. The standard InChI is InChI=1S/C24H21F4N5O3/c1-14(17-10-20(24(26,27)28)22(35)29-11-17)36-32-21(34)16-6-8-33(9-7-16)23-30-12-18(13-31-23)15-2-4-19(25)5-3-15/h2-6,10-14H,7-9H2,1H3,(H,29,35)(H,32,34)/t14-/m1/s1. The Kier molecular flexibility index (Phi) is 7.15. The predicted octanol–water partition coefficient (Wildman–Crippen LogP) is 3.94. The summed E-state index contributed by atoms with van der Waals surface area (Å²) in [7, 11) is 0. The average Bonchev–Trinajstić information content (AvgIpc) is 2.87. The van der Waals surface area contributed by atoms with E-state index in [1.165, 1.54) is 19.1 Å². The zero-order valence-electron chi connectivity index (χ0n) is 19.0. The molecular formula is C24H21F4N5O3. The zero-order valence-corrected chi connectivity index (χ0v) is 19.0. The Bertz CT molecular complexity index is 1320. The molecule has 0 bridgehead atoms. The Morgan fingerprint density at radius 3 is 2.47 bits per heavy atom. The van der Waals surface area contributed by atoms with E-state index in [0.29, 0.717) is 37.1 Å². The van der Waals surface area contributed by atoms with E-state index in [9.17, 15) is 27.2 Å². The molecule has 4 rings (SSSR count). The largest absolute Gasteiger partial charge is 0.421 e. The summed E-state index contributed by atoms with van der Waals surface area (Å²) in [5.74, 6) is -0.377.